The van der Waals surface area contributed by atoms with E-state index in [1.165, 1.54) is 12.0 Å². The third-order valence-corrected chi connectivity index (χ3v) is 1.88. The fraction of sp³-hybridized carbons (Fsp3) is 0.750. The molecule has 1 saturated heterocycles. The van der Waals surface area contributed by atoms with Crippen molar-refractivity contribution in [3.63, 3.8) is 0 Å². The van der Waals surface area contributed by atoms with Crippen molar-refractivity contribution < 1.29 is 14.3 Å². The summed E-state index contributed by atoms with van der Waals surface area (Å²) >= 11 is 0. The molecule has 1 N–H and O–H groups in total. The number of nitrogens with one attached hydrogen (secondary N) is 1. The largest absolute Gasteiger partial charge is 0.375 e. The van der Waals surface area contributed by atoms with Crippen molar-refractivity contribution in [2.24, 2.45) is 0 Å². The Morgan fingerprint density at radius 2 is 2.46 bits per heavy atom. The lowest BCUT2D eigenvalue weighted by Gasteiger charge is -2.17. The molecule has 5 heteroatoms. The molecule has 0 unspecified atom stereocenters. The average molecular weight is 186 g/mol. The molecule has 0 bridgehead atoms. The van der Waals surface area contributed by atoms with E-state index in [2.05, 4.69) is 5.32 Å². The number of hydrogen-bond acceptors (Lipinski definition) is 3. The second kappa shape index (κ2) is 4.81. The molecule has 1 fully saturated rings. The topological polar surface area (TPSA) is 58.6 Å². The lowest BCUT2D eigenvalue weighted by Crippen LogP contribution is -2.39. The Morgan fingerprint density at radius 1 is 1.69 bits per heavy atom. The molecule has 0 aromatic heterocycles. The van der Waals surface area contributed by atoms with Crippen molar-refractivity contribution in [3.05, 3.63) is 0 Å². The van der Waals surface area contributed by atoms with Gasteiger partial charge in [-0.15, -0.1) is 0 Å². The van der Waals surface area contributed by atoms with Gasteiger partial charge in [-0.2, -0.15) is 0 Å². The molecule has 1 heterocycles. The summed E-state index contributed by atoms with van der Waals surface area (Å²) in [6.07, 6.45) is 0.807. The third-order valence-electron chi connectivity index (χ3n) is 1.88. The Hall–Kier alpha value is -1.10. The molecule has 0 radical (unpaired) electrons. The molecule has 1 rings (SSSR count). The summed E-state index contributed by atoms with van der Waals surface area (Å²) in [6.45, 7) is 1.48. The second-order valence-electron chi connectivity index (χ2n) is 2.95. The number of rotatable bonds is 2. The van der Waals surface area contributed by atoms with Gasteiger partial charge in [-0.1, -0.05) is 0 Å². The number of methoxy groups -OCH3 is 1. The highest BCUT2D eigenvalue weighted by Crippen LogP contribution is 1.96. The van der Waals surface area contributed by atoms with Crippen LogP contribution < -0.4 is 5.32 Å². The highest BCUT2D eigenvalue weighted by Gasteiger charge is 2.18. The minimum absolute atomic E-state index is 0.0489. The van der Waals surface area contributed by atoms with Crippen LogP contribution in [0.15, 0.2) is 0 Å². The van der Waals surface area contributed by atoms with Crippen LogP contribution in [0.1, 0.15) is 6.42 Å². The van der Waals surface area contributed by atoms with Gasteiger partial charge < -0.3 is 15.0 Å². The number of carbonyl (C=O) groups is 2. The van der Waals surface area contributed by atoms with E-state index in [-0.39, 0.29) is 25.0 Å². The highest BCUT2D eigenvalue weighted by atomic mass is 16.5. The van der Waals surface area contributed by atoms with Gasteiger partial charge in [0.05, 0.1) is 6.54 Å². The fourth-order valence-corrected chi connectivity index (χ4v) is 1.23. The summed E-state index contributed by atoms with van der Waals surface area (Å²) in [4.78, 5) is 23.9. The van der Waals surface area contributed by atoms with Crippen LogP contribution in [0.25, 0.3) is 0 Å². The summed E-state index contributed by atoms with van der Waals surface area (Å²) in [5.41, 5.74) is 0. The molecule has 0 aromatic rings. The number of amides is 2. The summed E-state index contributed by atoms with van der Waals surface area (Å²) in [5, 5.41) is 2.70. The number of nitrogens with zero attached hydrogens (tertiary/aromatic N) is 1. The molecule has 5 nitrogen and oxygen atoms in total. The first kappa shape index (κ1) is 9.98. The monoisotopic (exact) mass is 186 g/mol. The van der Waals surface area contributed by atoms with Gasteiger partial charge in [0.25, 0.3) is 0 Å². The Morgan fingerprint density at radius 3 is 3.15 bits per heavy atom. The zero-order valence-corrected chi connectivity index (χ0v) is 7.71. The molecule has 13 heavy (non-hydrogen) atoms. The van der Waals surface area contributed by atoms with Crippen LogP contribution in [0.5, 0.6) is 0 Å². The molecule has 1 aliphatic heterocycles. The fourth-order valence-electron chi connectivity index (χ4n) is 1.23. The number of carbonyl (C=O) groups excluding carboxylic acids is 2. The van der Waals surface area contributed by atoms with E-state index < -0.39 is 0 Å². The maximum absolute atomic E-state index is 11.3. The standard InChI is InChI=1S/C8H14N2O3/c1-13-6-8(12)10-4-2-3-9-7(11)5-10/h2-6H2,1H3,(H,9,11). The molecule has 0 atom stereocenters. The maximum Gasteiger partial charge on any atom is 0.249 e. The second-order valence-corrected chi connectivity index (χ2v) is 2.95. The first-order valence-electron chi connectivity index (χ1n) is 4.27. The molecule has 74 valence electrons. The van der Waals surface area contributed by atoms with Crippen molar-refractivity contribution in [1.29, 1.82) is 0 Å². The molecular formula is C8H14N2O3. The van der Waals surface area contributed by atoms with Crippen LogP contribution in [-0.2, 0) is 14.3 Å². The Bertz CT molecular complexity index is 206. The average Bonchev–Trinajstić information content (AvgIpc) is 2.30. The van der Waals surface area contributed by atoms with Crippen LogP contribution in [0.2, 0.25) is 0 Å². The predicted molar refractivity (Wildman–Crippen MR) is 46.1 cm³/mol. The van der Waals surface area contributed by atoms with Crippen LogP contribution in [0, 0.1) is 0 Å². The van der Waals surface area contributed by atoms with Crippen LogP contribution in [0.4, 0.5) is 0 Å². The van der Waals surface area contributed by atoms with Gasteiger partial charge >= 0.3 is 0 Å². The van der Waals surface area contributed by atoms with Gasteiger partial charge in [0, 0.05) is 20.2 Å². The molecule has 0 aromatic carbocycles. The molecule has 2 amide bonds. The molecule has 1 aliphatic rings. The van der Waals surface area contributed by atoms with E-state index in [9.17, 15) is 9.59 Å². The predicted octanol–water partition coefficient (Wildman–Crippen LogP) is -1.02. The number of ether oxygens (including phenoxy) is 1. The summed E-state index contributed by atoms with van der Waals surface area (Å²) in [5.74, 6) is -0.221. The van der Waals surface area contributed by atoms with Gasteiger partial charge in [-0.25, -0.2) is 0 Å². The molecule has 0 spiro atoms. The van der Waals surface area contributed by atoms with Gasteiger partial charge in [0.2, 0.25) is 11.8 Å². The normalized spacial score (nSPS) is 17.9. The first-order chi connectivity index (χ1) is 6.24. The zero-order valence-electron chi connectivity index (χ0n) is 7.71. The maximum atomic E-state index is 11.3. The van der Waals surface area contributed by atoms with Crippen molar-refractivity contribution in [2.45, 2.75) is 6.42 Å². The van der Waals surface area contributed by atoms with Gasteiger partial charge in [-0.05, 0) is 6.42 Å². The Kier molecular flexibility index (Phi) is 3.70. The minimum Gasteiger partial charge on any atom is -0.375 e. The lowest BCUT2D eigenvalue weighted by molar-refractivity contribution is -0.138. The molecular weight excluding hydrogens is 172 g/mol. The van der Waals surface area contributed by atoms with Crippen molar-refractivity contribution >= 4 is 11.8 Å². The van der Waals surface area contributed by atoms with Gasteiger partial charge in [0.15, 0.2) is 0 Å². The van der Waals surface area contributed by atoms with E-state index >= 15 is 0 Å². The van der Waals surface area contributed by atoms with Crippen LogP contribution in [0.3, 0.4) is 0 Å². The van der Waals surface area contributed by atoms with Crippen LogP contribution >= 0.6 is 0 Å². The highest BCUT2D eigenvalue weighted by molar-refractivity contribution is 5.85. The Balaban J connectivity index is 2.47. The van der Waals surface area contributed by atoms with Gasteiger partial charge in [-0.3, -0.25) is 9.59 Å². The van der Waals surface area contributed by atoms with E-state index in [0.717, 1.165) is 6.42 Å². The molecule has 0 aliphatic carbocycles. The van der Waals surface area contributed by atoms with E-state index in [1.807, 2.05) is 0 Å². The third kappa shape index (κ3) is 3.02. The van der Waals surface area contributed by atoms with Crippen LogP contribution in [-0.4, -0.2) is 50.1 Å². The number of hydrogen-bond donors (Lipinski definition) is 1. The van der Waals surface area contributed by atoms with Gasteiger partial charge in [0.1, 0.15) is 6.61 Å². The van der Waals surface area contributed by atoms with E-state index in [4.69, 9.17) is 4.74 Å². The quantitative estimate of drug-likeness (QED) is 0.600. The summed E-state index contributed by atoms with van der Waals surface area (Å²) in [7, 11) is 1.47. The lowest BCUT2D eigenvalue weighted by atomic mass is 10.4. The first-order valence-corrected chi connectivity index (χ1v) is 4.27. The summed E-state index contributed by atoms with van der Waals surface area (Å²) < 4.78 is 4.71. The zero-order chi connectivity index (χ0) is 9.68. The Labute approximate surface area is 77.0 Å². The SMILES string of the molecule is COCC(=O)N1CCCNC(=O)C1. The smallest absolute Gasteiger partial charge is 0.249 e. The van der Waals surface area contributed by atoms with E-state index in [0.29, 0.717) is 13.1 Å². The van der Waals surface area contributed by atoms with Crippen molar-refractivity contribution in [3.8, 4) is 0 Å². The summed E-state index contributed by atoms with van der Waals surface area (Å²) in [6, 6.07) is 0. The van der Waals surface area contributed by atoms with E-state index in [1.54, 1.807) is 0 Å². The van der Waals surface area contributed by atoms with Crippen molar-refractivity contribution in [1.82, 2.24) is 10.2 Å². The minimum atomic E-state index is -0.125. The molecule has 0 saturated carbocycles. The van der Waals surface area contributed by atoms with Crippen molar-refractivity contribution in [2.75, 3.05) is 33.4 Å².